The molecule has 0 radical (unpaired) electrons. The number of rotatable bonds is 5. The molecule has 5 nitrogen and oxygen atoms in total. The van der Waals surface area contributed by atoms with Gasteiger partial charge < -0.3 is 22.1 Å². The first-order valence-electron chi connectivity index (χ1n) is 5.70. The summed E-state index contributed by atoms with van der Waals surface area (Å²) >= 11 is 0. The summed E-state index contributed by atoms with van der Waals surface area (Å²) in [5, 5.41) is 6.29. The lowest BCUT2D eigenvalue weighted by Gasteiger charge is -2.26. The van der Waals surface area contributed by atoms with Crippen molar-refractivity contribution in [2.24, 2.45) is 11.5 Å². The van der Waals surface area contributed by atoms with E-state index < -0.39 is 0 Å². The van der Waals surface area contributed by atoms with Gasteiger partial charge in [0, 0.05) is 38.1 Å². The number of amides is 1. The normalized spacial score (nSPS) is 24.4. The zero-order chi connectivity index (χ0) is 11.1. The largest absolute Gasteiger partial charge is 0.352 e. The SMILES string of the molecule is NCCNC(CN)C1CCCCC(=O)N1. The quantitative estimate of drug-likeness (QED) is 0.468. The molecule has 5 heteroatoms. The molecular weight excluding hydrogens is 192 g/mol. The van der Waals surface area contributed by atoms with Crippen molar-refractivity contribution in [3.05, 3.63) is 0 Å². The van der Waals surface area contributed by atoms with Gasteiger partial charge in [-0.1, -0.05) is 6.42 Å². The van der Waals surface area contributed by atoms with E-state index in [1.165, 1.54) is 0 Å². The summed E-state index contributed by atoms with van der Waals surface area (Å²) in [6.45, 7) is 1.87. The summed E-state index contributed by atoms with van der Waals surface area (Å²) in [5.41, 5.74) is 11.1. The van der Waals surface area contributed by atoms with Gasteiger partial charge in [-0.3, -0.25) is 4.79 Å². The van der Waals surface area contributed by atoms with Crippen molar-refractivity contribution in [1.82, 2.24) is 10.6 Å². The highest BCUT2D eigenvalue weighted by Crippen LogP contribution is 2.11. The average Bonchev–Trinajstić information content (AvgIpc) is 2.44. The Kier molecular flexibility index (Phi) is 5.60. The molecule has 88 valence electrons. The first-order valence-corrected chi connectivity index (χ1v) is 5.70. The predicted octanol–water partition coefficient (Wildman–Crippen LogP) is -1.08. The molecule has 1 saturated heterocycles. The molecule has 0 aromatic heterocycles. The Labute approximate surface area is 91.0 Å². The second kappa shape index (κ2) is 6.76. The lowest BCUT2D eigenvalue weighted by atomic mass is 10.0. The summed E-state index contributed by atoms with van der Waals surface area (Å²) in [4.78, 5) is 11.4. The van der Waals surface area contributed by atoms with E-state index in [1.807, 2.05) is 0 Å². The van der Waals surface area contributed by atoms with Gasteiger partial charge in [0.25, 0.3) is 0 Å². The van der Waals surface area contributed by atoms with Gasteiger partial charge in [-0.2, -0.15) is 0 Å². The van der Waals surface area contributed by atoms with Crippen LogP contribution in [0.2, 0.25) is 0 Å². The smallest absolute Gasteiger partial charge is 0.220 e. The van der Waals surface area contributed by atoms with Crippen LogP contribution in [0.4, 0.5) is 0 Å². The molecule has 2 unspecified atom stereocenters. The zero-order valence-electron chi connectivity index (χ0n) is 9.17. The van der Waals surface area contributed by atoms with Crippen LogP contribution in [0, 0.1) is 0 Å². The van der Waals surface area contributed by atoms with E-state index in [9.17, 15) is 4.79 Å². The molecule has 0 bridgehead atoms. The number of nitrogens with two attached hydrogens (primary N) is 2. The van der Waals surface area contributed by atoms with Gasteiger partial charge in [0.2, 0.25) is 5.91 Å². The van der Waals surface area contributed by atoms with E-state index in [2.05, 4.69) is 10.6 Å². The van der Waals surface area contributed by atoms with Crippen LogP contribution in [-0.2, 0) is 4.79 Å². The Balaban J connectivity index is 2.45. The van der Waals surface area contributed by atoms with Crippen LogP contribution in [0.25, 0.3) is 0 Å². The molecule has 6 N–H and O–H groups in total. The van der Waals surface area contributed by atoms with Gasteiger partial charge in [-0.05, 0) is 12.8 Å². The zero-order valence-corrected chi connectivity index (χ0v) is 9.17. The minimum atomic E-state index is 0.144. The van der Waals surface area contributed by atoms with Crippen molar-refractivity contribution in [2.75, 3.05) is 19.6 Å². The van der Waals surface area contributed by atoms with E-state index in [4.69, 9.17) is 11.5 Å². The van der Waals surface area contributed by atoms with E-state index in [0.29, 0.717) is 19.5 Å². The van der Waals surface area contributed by atoms with Crippen LogP contribution in [0.3, 0.4) is 0 Å². The highest BCUT2D eigenvalue weighted by Gasteiger charge is 2.23. The first-order chi connectivity index (χ1) is 7.27. The molecule has 1 fully saturated rings. The summed E-state index contributed by atoms with van der Waals surface area (Å²) in [6.07, 6.45) is 3.72. The maximum atomic E-state index is 11.4. The van der Waals surface area contributed by atoms with Crippen LogP contribution in [0.5, 0.6) is 0 Å². The van der Waals surface area contributed by atoms with E-state index >= 15 is 0 Å². The first kappa shape index (κ1) is 12.4. The second-order valence-electron chi connectivity index (χ2n) is 4.00. The summed E-state index contributed by atoms with van der Waals surface area (Å²) < 4.78 is 0. The Morgan fingerprint density at radius 1 is 1.47 bits per heavy atom. The van der Waals surface area contributed by atoms with Crippen molar-refractivity contribution in [3.8, 4) is 0 Å². The van der Waals surface area contributed by atoms with Crippen LogP contribution in [0.15, 0.2) is 0 Å². The van der Waals surface area contributed by atoms with Crippen LogP contribution in [-0.4, -0.2) is 37.6 Å². The Hall–Kier alpha value is -0.650. The Morgan fingerprint density at radius 3 is 2.93 bits per heavy atom. The van der Waals surface area contributed by atoms with Crippen molar-refractivity contribution < 1.29 is 4.79 Å². The standard InChI is InChI=1S/C10H22N4O/c11-5-6-13-9(7-12)8-3-1-2-4-10(15)14-8/h8-9,13H,1-7,11-12H2,(H,14,15). The third-order valence-electron chi connectivity index (χ3n) is 2.81. The van der Waals surface area contributed by atoms with E-state index in [0.717, 1.165) is 25.8 Å². The summed E-state index contributed by atoms with van der Waals surface area (Å²) in [5.74, 6) is 0.144. The fourth-order valence-corrected chi connectivity index (χ4v) is 1.96. The maximum Gasteiger partial charge on any atom is 0.220 e. The minimum Gasteiger partial charge on any atom is -0.352 e. The molecule has 1 amide bonds. The molecule has 2 atom stereocenters. The second-order valence-corrected chi connectivity index (χ2v) is 4.00. The molecular formula is C10H22N4O. The Morgan fingerprint density at radius 2 is 2.27 bits per heavy atom. The minimum absolute atomic E-state index is 0.144. The van der Waals surface area contributed by atoms with E-state index in [-0.39, 0.29) is 18.0 Å². The Bertz CT molecular complexity index is 198. The van der Waals surface area contributed by atoms with Crippen molar-refractivity contribution in [3.63, 3.8) is 0 Å². The number of nitrogens with one attached hydrogen (secondary N) is 2. The molecule has 0 aromatic rings. The van der Waals surface area contributed by atoms with Gasteiger partial charge in [-0.15, -0.1) is 0 Å². The number of carbonyl (C=O) groups excluding carboxylic acids is 1. The van der Waals surface area contributed by atoms with Gasteiger partial charge in [-0.25, -0.2) is 0 Å². The van der Waals surface area contributed by atoms with Crippen LogP contribution < -0.4 is 22.1 Å². The summed E-state index contributed by atoms with van der Waals surface area (Å²) in [6, 6.07) is 0.312. The monoisotopic (exact) mass is 214 g/mol. The maximum absolute atomic E-state index is 11.4. The van der Waals surface area contributed by atoms with Crippen molar-refractivity contribution in [2.45, 2.75) is 37.8 Å². The number of hydrogen-bond acceptors (Lipinski definition) is 4. The molecule has 15 heavy (non-hydrogen) atoms. The fourth-order valence-electron chi connectivity index (χ4n) is 1.96. The van der Waals surface area contributed by atoms with Crippen LogP contribution >= 0.6 is 0 Å². The van der Waals surface area contributed by atoms with Gasteiger partial charge in [0.05, 0.1) is 0 Å². The molecule has 1 rings (SSSR count). The van der Waals surface area contributed by atoms with Gasteiger partial charge >= 0.3 is 0 Å². The van der Waals surface area contributed by atoms with E-state index in [1.54, 1.807) is 0 Å². The van der Waals surface area contributed by atoms with Gasteiger partial charge in [0.1, 0.15) is 0 Å². The highest BCUT2D eigenvalue weighted by atomic mass is 16.1. The topological polar surface area (TPSA) is 93.2 Å². The number of carbonyl (C=O) groups is 1. The molecule has 0 spiro atoms. The lowest BCUT2D eigenvalue weighted by Crippen LogP contribution is -2.53. The third-order valence-corrected chi connectivity index (χ3v) is 2.81. The average molecular weight is 214 g/mol. The molecule has 1 aliphatic rings. The lowest BCUT2D eigenvalue weighted by molar-refractivity contribution is -0.121. The predicted molar refractivity (Wildman–Crippen MR) is 60.3 cm³/mol. The third kappa shape index (κ3) is 4.15. The molecule has 1 aliphatic heterocycles. The van der Waals surface area contributed by atoms with Gasteiger partial charge in [0.15, 0.2) is 0 Å². The van der Waals surface area contributed by atoms with Crippen molar-refractivity contribution >= 4 is 5.91 Å². The fraction of sp³-hybridized carbons (Fsp3) is 0.900. The molecule has 0 saturated carbocycles. The van der Waals surface area contributed by atoms with Crippen LogP contribution in [0.1, 0.15) is 25.7 Å². The molecule has 1 heterocycles. The molecule has 0 aromatic carbocycles. The number of hydrogen-bond donors (Lipinski definition) is 4. The summed E-state index contributed by atoms with van der Waals surface area (Å²) in [7, 11) is 0. The molecule has 0 aliphatic carbocycles. The van der Waals surface area contributed by atoms with Crippen molar-refractivity contribution in [1.29, 1.82) is 0 Å². The highest BCUT2D eigenvalue weighted by molar-refractivity contribution is 5.76.